The van der Waals surface area contributed by atoms with Gasteiger partial charge in [-0.25, -0.2) is 0 Å². The first kappa shape index (κ1) is 31.4. The van der Waals surface area contributed by atoms with Gasteiger partial charge in [0.1, 0.15) is 0 Å². The van der Waals surface area contributed by atoms with Gasteiger partial charge in [-0.15, -0.1) is 0 Å². The summed E-state index contributed by atoms with van der Waals surface area (Å²) in [7, 11) is 0. The maximum atomic E-state index is 6.35. The molecule has 0 spiro atoms. The zero-order valence-electron chi connectivity index (χ0n) is 31.3. The highest BCUT2D eigenvalue weighted by molar-refractivity contribution is 6.14. The smallest absolute Gasteiger partial charge is 0.152 e. The maximum absolute atomic E-state index is 6.35. The van der Waals surface area contributed by atoms with Crippen LogP contribution in [0.15, 0.2) is 200 Å². The number of ether oxygens (including phenoxy) is 1. The molecule has 0 fully saturated rings. The molecule has 4 heterocycles. The van der Waals surface area contributed by atoms with Crippen LogP contribution in [0.4, 0.5) is 0 Å². The summed E-state index contributed by atoms with van der Waals surface area (Å²) in [5, 5.41) is 7.42. The minimum atomic E-state index is 0.880. The van der Waals surface area contributed by atoms with Crippen molar-refractivity contribution >= 4 is 65.4 Å². The first-order valence-corrected chi connectivity index (χ1v) is 19.8. The molecule has 0 amide bonds. The zero-order valence-corrected chi connectivity index (χ0v) is 31.3. The molecular formula is C54H33N3O. The van der Waals surface area contributed by atoms with E-state index in [1.165, 1.54) is 87.8 Å². The van der Waals surface area contributed by atoms with Crippen LogP contribution in [-0.2, 0) is 0 Å². The van der Waals surface area contributed by atoms with E-state index in [0.29, 0.717) is 0 Å². The van der Waals surface area contributed by atoms with Gasteiger partial charge in [0, 0.05) is 43.7 Å². The van der Waals surface area contributed by atoms with E-state index in [1.807, 2.05) is 12.1 Å². The van der Waals surface area contributed by atoms with Crippen molar-refractivity contribution in [3.63, 3.8) is 0 Å². The van der Waals surface area contributed by atoms with E-state index >= 15 is 0 Å². The number of hydrogen-bond acceptors (Lipinski definition) is 1. The Morgan fingerprint density at radius 2 is 0.724 bits per heavy atom. The molecule has 0 atom stereocenters. The van der Waals surface area contributed by atoms with Crippen molar-refractivity contribution in [2.24, 2.45) is 0 Å². The summed E-state index contributed by atoms with van der Waals surface area (Å²) in [6.07, 6.45) is 0. The third-order valence-corrected chi connectivity index (χ3v) is 12.2. The van der Waals surface area contributed by atoms with Gasteiger partial charge in [0.2, 0.25) is 0 Å². The molecule has 0 bridgehead atoms. The van der Waals surface area contributed by atoms with E-state index < -0.39 is 0 Å². The van der Waals surface area contributed by atoms with Gasteiger partial charge in [-0.2, -0.15) is 0 Å². The Labute approximate surface area is 333 Å². The van der Waals surface area contributed by atoms with Crippen LogP contribution in [0.1, 0.15) is 0 Å². The zero-order chi connectivity index (χ0) is 37.9. The van der Waals surface area contributed by atoms with E-state index in [4.69, 9.17) is 4.74 Å². The number of benzene rings is 9. The number of aromatic nitrogens is 3. The Balaban J connectivity index is 0.907. The Morgan fingerprint density at radius 1 is 0.276 bits per heavy atom. The van der Waals surface area contributed by atoms with Gasteiger partial charge in [0.05, 0.1) is 38.8 Å². The Kier molecular flexibility index (Phi) is 6.41. The van der Waals surface area contributed by atoms with E-state index in [0.717, 1.165) is 28.4 Å². The van der Waals surface area contributed by atoms with Gasteiger partial charge in [-0.05, 0) is 113 Å². The molecule has 9 aromatic carbocycles. The van der Waals surface area contributed by atoms with Crippen molar-refractivity contribution in [2.75, 3.05) is 0 Å². The van der Waals surface area contributed by atoms with Gasteiger partial charge in [-0.3, -0.25) is 0 Å². The monoisotopic (exact) mass is 739 g/mol. The molecule has 4 heteroatoms. The van der Waals surface area contributed by atoms with E-state index in [1.54, 1.807) is 0 Å². The van der Waals surface area contributed by atoms with Crippen LogP contribution in [0.3, 0.4) is 0 Å². The van der Waals surface area contributed by atoms with Crippen molar-refractivity contribution in [3.8, 4) is 50.8 Å². The molecule has 3 aromatic heterocycles. The van der Waals surface area contributed by atoms with Crippen molar-refractivity contribution in [1.82, 2.24) is 13.7 Å². The molecule has 0 saturated heterocycles. The molecule has 1 aliphatic rings. The fourth-order valence-electron chi connectivity index (χ4n) is 9.64. The van der Waals surface area contributed by atoms with E-state index in [9.17, 15) is 0 Å². The predicted molar refractivity (Wildman–Crippen MR) is 240 cm³/mol. The van der Waals surface area contributed by atoms with Crippen LogP contribution >= 0.6 is 0 Å². The standard InChI is InChI=1S/C54H33N3O/c1-2-11-38(12-3-1)55-46-16-6-4-13-40(46)43-32-36(24-28-48(43)55)37-25-29-49-44(33-37)41-14-5-7-17-47(41)56(49)39-26-21-34(22-27-39)35-23-30-50-45(31-35)42-15-10-20-53-54(42)57(50)51-18-8-9-19-52(51)58-53/h1-33H. The minimum absolute atomic E-state index is 0.880. The Bertz CT molecular complexity index is 3640. The molecule has 270 valence electrons. The molecule has 4 nitrogen and oxygen atoms in total. The van der Waals surface area contributed by atoms with Gasteiger partial charge in [-0.1, -0.05) is 109 Å². The number of para-hydroxylation sites is 6. The quantitative estimate of drug-likeness (QED) is 0.176. The molecule has 13 rings (SSSR count). The lowest BCUT2D eigenvalue weighted by Crippen LogP contribution is -2.03. The second-order valence-electron chi connectivity index (χ2n) is 15.3. The van der Waals surface area contributed by atoms with Crippen molar-refractivity contribution < 1.29 is 4.74 Å². The van der Waals surface area contributed by atoms with Crippen LogP contribution < -0.4 is 4.74 Å². The van der Waals surface area contributed by atoms with E-state index in [-0.39, 0.29) is 0 Å². The molecule has 0 aliphatic carbocycles. The second kappa shape index (κ2) is 11.8. The maximum Gasteiger partial charge on any atom is 0.152 e. The Hall–Kier alpha value is -7.82. The second-order valence-corrected chi connectivity index (χ2v) is 15.3. The van der Waals surface area contributed by atoms with Gasteiger partial charge in [0.25, 0.3) is 0 Å². The fourth-order valence-corrected chi connectivity index (χ4v) is 9.64. The SMILES string of the molecule is c1ccc(-n2c3ccccc3c3cc(-c4ccc5c(c4)c4ccccc4n5-c4ccc(-c5ccc6c(c5)c5cccc7c5n6-c5ccccc5O7)cc4)ccc32)cc1. The van der Waals surface area contributed by atoms with Crippen LogP contribution in [0.25, 0.3) is 105 Å². The van der Waals surface area contributed by atoms with Crippen molar-refractivity contribution in [3.05, 3.63) is 200 Å². The first-order valence-electron chi connectivity index (χ1n) is 19.8. The summed E-state index contributed by atoms with van der Waals surface area (Å²) in [6.45, 7) is 0. The third-order valence-electron chi connectivity index (χ3n) is 12.2. The molecule has 0 N–H and O–H groups in total. The highest BCUT2D eigenvalue weighted by Crippen LogP contribution is 2.46. The first-order chi connectivity index (χ1) is 28.8. The van der Waals surface area contributed by atoms with Crippen LogP contribution in [0.5, 0.6) is 11.5 Å². The summed E-state index contributed by atoms with van der Waals surface area (Å²) in [6, 6.07) is 72.5. The minimum Gasteiger partial charge on any atom is -0.453 e. The number of hydrogen-bond donors (Lipinski definition) is 0. The average molecular weight is 740 g/mol. The number of nitrogens with zero attached hydrogens (tertiary/aromatic N) is 3. The van der Waals surface area contributed by atoms with Crippen LogP contribution in [0.2, 0.25) is 0 Å². The lowest BCUT2D eigenvalue weighted by molar-refractivity contribution is 0.476. The van der Waals surface area contributed by atoms with E-state index in [2.05, 4.69) is 202 Å². The van der Waals surface area contributed by atoms with Crippen LogP contribution in [0, 0.1) is 0 Å². The summed E-state index contributed by atoms with van der Waals surface area (Å²) < 4.78 is 13.5. The summed E-state index contributed by atoms with van der Waals surface area (Å²) in [5.74, 6) is 1.77. The van der Waals surface area contributed by atoms with Gasteiger partial charge < -0.3 is 18.4 Å². The van der Waals surface area contributed by atoms with Crippen molar-refractivity contribution in [2.45, 2.75) is 0 Å². The number of fused-ring (bicyclic) bond motifs is 11. The molecule has 0 radical (unpaired) electrons. The molecule has 1 aliphatic heterocycles. The highest BCUT2D eigenvalue weighted by atomic mass is 16.5. The lowest BCUT2D eigenvalue weighted by atomic mass is 10.0. The topological polar surface area (TPSA) is 24.0 Å². The normalized spacial score (nSPS) is 12.3. The molecule has 58 heavy (non-hydrogen) atoms. The lowest BCUT2D eigenvalue weighted by Gasteiger charge is -2.20. The summed E-state index contributed by atoms with van der Waals surface area (Å²) >= 11 is 0. The third kappa shape index (κ3) is 4.40. The molecule has 0 unspecified atom stereocenters. The fraction of sp³-hybridized carbons (Fsp3) is 0. The molecule has 12 aromatic rings. The summed E-state index contributed by atoms with van der Waals surface area (Å²) in [5.41, 5.74) is 15.3. The molecule has 0 saturated carbocycles. The average Bonchev–Trinajstić information content (AvgIpc) is 3.93. The Morgan fingerprint density at radius 3 is 1.38 bits per heavy atom. The summed E-state index contributed by atoms with van der Waals surface area (Å²) in [4.78, 5) is 0. The highest BCUT2D eigenvalue weighted by Gasteiger charge is 2.24. The van der Waals surface area contributed by atoms with Crippen molar-refractivity contribution in [1.29, 1.82) is 0 Å². The van der Waals surface area contributed by atoms with Gasteiger partial charge in [0.15, 0.2) is 11.5 Å². The number of rotatable bonds is 4. The predicted octanol–water partition coefficient (Wildman–Crippen LogP) is 14.4. The van der Waals surface area contributed by atoms with Gasteiger partial charge >= 0.3 is 0 Å². The molecular weight excluding hydrogens is 707 g/mol. The van der Waals surface area contributed by atoms with Crippen LogP contribution in [-0.4, -0.2) is 13.7 Å². The largest absolute Gasteiger partial charge is 0.453 e.